The van der Waals surface area contributed by atoms with Gasteiger partial charge in [-0.2, -0.15) is 0 Å². The summed E-state index contributed by atoms with van der Waals surface area (Å²) in [5.41, 5.74) is 8.76. The fourth-order valence-electron chi connectivity index (χ4n) is 1.51. The molecule has 0 bridgehead atoms. The predicted octanol–water partition coefficient (Wildman–Crippen LogP) is 2.24. The maximum absolute atomic E-state index is 5.59. The Morgan fingerprint density at radius 3 is 2.59 bits per heavy atom. The second-order valence-corrected chi connectivity index (χ2v) is 3.80. The first-order chi connectivity index (χ1) is 8.31. The van der Waals surface area contributed by atoms with Crippen molar-refractivity contribution in [2.24, 2.45) is 5.73 Å². The van der Waals surface area contributed by atoms with E-state index in [1.807, 2.05) is 36.7 Å². The molecule has 17 heavy (non-hydrogen) atoms. The number of nitrogens with two attached hydrogens (primary N) is 1. The molecule has 0 saturated carbocycles. The van der Waals surface area contributed by atoms with Gasteiger partial charge in [-0.3, -0.25) is 0 Å². The molecule has 1 aromatic carbocycles. The minimum absolute atomic E-state index is 0.533. The SMILES string of the molecule is CCc1cnc(Nc2cccc(CN)c2)nc1. The lowest BCUT2D eigenvalue weighted by molar-refractivity contribution is 1.05. The van der Waals surface area contributed by atoms with Crippen LogP contribution in [0.25, 0.3) is 0 Å². The molecule has 0 radical (unpaired) electrons. The Bertz CT molecular complexity index is 479. The van der Waals surface area contributed by atoms with Crippen molar-refractivity contribution in [2.45, 2.75) is 19.9 Å². The van der Waals surface area contributed by atoms with Crippen LogP contribution in [0.3, 0.4) is 0 Å². The van der Waals surface area contributed by atoms with E-state index in [-0.39, 0.29) is 0 Å². The highest BCUT2D eigenvalue weighted by atomic mass is 15.1. The lowest BCUT2D eigenvalue weighted by Crippen LogP contribution is -2.00. The van der Waals surface area contributed by atoms with Crippen molar-refractivity contribution in [3.63, 3.8) is 0 Å². The molecule has 4 heteroatoms. The molecular weight excluding hydrogens is 212 g/mol. The standard InChI is InChI=1S/C13H16N4/c1-2-10-8-15-13(16-9-10)17-12-5-3-4-11(6-12)7-14/h3-6,8-9H,2,7,14H2,1H3,(H,15,16,17). The third-order valence-electron chi connectivity index (χ3n) is 2.53. The number of aromatic nitrogens is 2. The summed E-state index contributed by atoms with van der Waals surface area (Å²) in [5.74, 6) is 0.608. The van der Waals surface area contributed by atoms with Crippen LogP contribution in [0.5, 0.6) is 0 Å². The summed E-state index contributed by atoms with van der Waals surface area (Å²) in [6.45, 7) is 2.61. The van der Waals surface area contributed by atoms with Crippen LogP contribution in [0.2, 0.25) is 0 Å². The van der Waals surface area contributed by atoms with E-state index in [1.54, 1.807) is 0 Å². The molecule has 1 heterocycles. The second-order valence-electron chi connectivity index (χ2n) is 3.80. The van der Waals surface area contributed by atoms with Crippen LogP contribution < -0.4 is 11.1 Å². The van der Waals surface area contributed by atoms with Crippen molar-refractivity contribution in [3.05, 3.63) is 47.8 Å². The predicted molar refractivity (Wildman–Crippen MR) is 69.0 cm³/mol. The van der Waals surface area contributed by atoms with Gasteiger partial charge in [0.05, 0.1) is 0 Å². The molecule has 0 unspecified atom stereocenters. The van der Waals surface area contributed by atoms with Crippen LogP contribution in [0.4, 0.5) is 11.6 Å². The summed E-state index contributed by atoms with van der Waals surface area (Å²) in [6, 6.07) is 7.92. The molecule has 2 aromatic rings. The Labute approximate surface area is 101 Å². The Morgan fingerprint density at radius 1 is 1.18 bits per heavy atom. The smallest absolute Gasteiger partial charge is 0.227 e. The highest BCUT2D eigenvalue weighted by molar-refractivity contribution is 5.54. The van der Waals surface area contributed by atoms with Gasteiger partial charge >= 0.3 is 0 Å². The van der Waals surface area contributed by atoms with E-state index < -0.39 is 0 Å². The van der Waals surface area contributed by atoms with Crippen molar-refractivity contribution < 1.29 is 0 Å². The first-order valence-electron chi connectivity index (χ1n) is 5.68. The third-order valence-corrected chi connectivity index (χ3v) is 2.53. The summed E-state index contributed by atoms with van der Waals surface area (Å²) < 4.78 is 0. The van der Waals surface area contributed by atoms with Crippen LogP contribution in [-0.4, -0.2) is 9.97 Å². The van der Waals surface area contributed by atoms with Crippen LogP contribution >= 0.6 is 0 Å². The van der Waals surface area contributed by atoms with Gasteiger partial charge in [0.15, 0.2) is 0 Å². The molecule has 0 amide bonds. The molecule has 0 aliphatic heterocycles. The van der Waals surface area contributed by atoms with Gasteiger partial charge < -0.3 is 11.1 Å². The third kappa shape index (κ3) is 3.01. The van der Waals surface area contributed by atoms with Crippen molar-refractivity contribution >= 4 is 11.6 Å². The average molecular weight is 228 g/mol. The van der Waals surface area contributed by atoms with E-state index >= 15 is 0 Å². The Hall–Kier alpha value is -1.94. The van der Waals surface area contributed by atoms with Gasteiger partial charge in [-0.15, -0.1) is 0 Å². The summed E-state index contributed by atoms with van der Waals surface area (Å²) in [5, 5.41) is 3.15. The minimum atomic E-state index is 0.533. The zero-order valence-electron chi connectivity index (χ0n) is 9.85. The number of aryl methyl sites for hydroxylation is 1. The van der Waals surface area contributed by atoms with Crippen LogP contribution in [-0.2, 0) is 13.0 Å². The summed E-state index contributed by atoms with van der Waals surface area (Å²) in [7, 11) is 0. The monoisotopic (exact) mass is 228 g/mol. The number of hydrogen-bond donors (Lipinski definition) is 2. The van der Waals surface area contributed by atoms with Gasteiger partial charge in [-0.05, 0) is 29.7 Å². The van der Waals surface area contributed by atoms with Crippen LogP contribution in [0.1, 0.15) is 18.1 Å². The molecule has 88 valence electrons. The zero-order chi connectivity index (χ0) is 12.1. The number of nitrogens with zero attached hydrogens (tertiary/aromatic N) is 2. The lowest BCUT2D eigenvalue weighted by atomic mass is 10.2. The zero-order valence-corrected chi connectivity index (χ0v) is 9.85. The molecule has 0 aliphatic rings. The van der Waals surface area contributed by atoms with Crippen LogP contribution in [0.15, 0.2) is 36.7 Å². The molecule has 0 saturated heterocycles. The normalized spacial score (nSPS) is 10.2. The number of hydrogen-bond acceptors (Lipinski definition) is 4. The molecule has 2 rings (SSSR count). The van der Waals surface area contributed by atoms with E-state index in [2.05, 4.69) is 22.2 Å². The quantitative estimate of drug-likeness (QED) is 0.842. The molecule has 1 aromatic heterocycles. The van der Waals surface area contributed by atoms with E-state index in [0.29, 0.717) is 12.5 Å². The summed E-state index contributed by atoms with van der Waals surface area (Å²) in [6.07, 6.45) is 4.62. The number of benzene rings is 1. The van der Waals surface area contributed by atoms with E-state index in [1.165, 1.54) is 0 Å². The molecule has 0 spiro atoms. The highest BCUT2D eigenvalue weighted by Crippen LogP contribution is 2.14. The van der Waals surface area contributed by atoms with Crippen molar-refractivity contribution in [2.75, 3.05) is 5.32 Å². The van der Waals surface area contributed by atoms with Gasteiger partial charge in [-0.25, -0.2) is 9.97 Å². The first kappa shape index (κ1) is 11.5. The molecule has 0 atom stereocenters. The summed E-state index contributed by atoms with van der Waals surface area (Å²) >= 11 is 0. The largest absolute Gasteiger partial charge is 0.326 e. The fourth-order valence-corrected chi connectivity index (χ4v) is 1.51. The summed E-state index contributed by atoms with van der Waals surface area (Å²) in [4.78, 5) is 8.49. The van der Waals surface area contributed by atoms with E-state index in [4.69, 9.17) is 5.73 Å². The number of nitrogens with one attached hydrogen (secondary N) is 1. The van der Waals surface area contributed by atoms with Gasteiger partial charge in [-0.1, -0.05) is 19.1 Å². The van der Waals surface area contributed by atoms with E-state index in [9.17, 15) is 0 Å². The minimum Gasteiger partial charge on any atom is -0.326 e. The molecule has 4 nitrogen and oxygen atoms in total. The fraction of sp³-hybridized carbons (Fsp3) is 0.231. The molecule has 0 fully saturated rings. The highest BCUT2D eigenvalue weighted by Gasteiger charge is 1.98. The Morgan fingerprint density at radius 2 is 1.94 bits per heavy atom. The first-order valence-corrected chi connectivity index (χ1v) is 5.68. The van der Waals surface area contributed by atoms with Gasteiger partial charge in [0.25, 0.3) is 0 Å². The van der Waals surface area contributed by atoms with Crippen molar-refractivity contribution in [1.82, 2.24) is 9.97 Å². The molecular formula is C13H16N4. The maximum Gasteiger partial charge on any atom is 0.227 e. The van der Waals surface area contributed by atoms with E-state index in [0.717, 1.165) is 23.2 Å². The van der Waals surface area contributed by atoms with Gasteiger partial charge in [0.2, 0.25) is 5.95 Å². The Kier molecular flexibility index (Phi) is 3.67. The number of rotatable bonds is 4. The van der Waals surface area contributed by atoms with Crippen molar-refractivity contribution in [1.29, 1.82) is 0 Å². The average Bonchev–Trinajstić information content (AvgIpc) is 2.40. The topological polar surface area (TPSA) is 63.8 Å². The van der Waals surface area contributed by atoms with Gasteiger partial charge in [0.1, 0.15) is 0 Å². The molecule has 0 aliphatic carbocycles. The van der Waals surface area contributed by atoms with Gasteiger partial charge in [0, 0.05) is 24.6 Å². The maximum atomic E-state index is 5.59. The lowest BCUT2D eigenvalue weighted by Gasteiger charge is -2.06. The Balaban J connectivity index is 2.13. The van der Waals surface area contributed by atoms with Crippen molar-refractivity contribution in [3.8, 4) is 0 Å². The van der Waals surface area contributed by atoms with Crippen LogP contribution in [0, 0.1) is 0 Å². The second kappa shape index (κ2) is 5.41. The number of anilines is 2. The molecule has 3 N–H and O–H groups in total.